The van der Waals surface area contributed by atoms with E-state index in [1.807, 2.05) is 4.90 Å². The van der Waals surface area contributed by atoms with E-state index in [2.05, 4.69) is 12.1 Å². The number of carbonyl (C=O) groups excluding carboxylic acids is 1. The van der Waals surface area contributed by atoms with Gasteiger partial charge in [0.1, 0.15) is 12.2 Å². The number of pyridine rings is 1. The van der Waals surface area contributed by atoms with Crippen LogP contribution in [0.25, 0.3) is 5.57 Å². The molecule has 1 aromatic heterocycles. The number of carbonyl (C=O) groups is 2. The summed E-state index contributed by atoms with van der Waals surface area (Å²) in [6, 6.07) is 7.66. The van der Waals surface area contributed by atoms with Gasteiger partial charge in [0.25, 0.3) is 0 Å². The third-order valence-electron chi connectivity index (χ3n) is 4.24. The molecule has 0 radical (unpaired) electrons. The van der Waals surface area contributed by atoms with Gasteiger partial charge in [-0.05, 0) is 30.7 Å². The van der Waals surface area contributed by atoms with E-state index >= 15 is 0 Å². The Balaban J connectivity index is 2.19. The molecule has 2 heterocycles. The number of aryl methyl sites for hydroxylation is 1. The van der Waals surface area contributed by atoms with Crippen LogP contribution in [0.5, 0.6) is 0 Å². The molecule has 146 valence electrons. The summed E-state index contributed by atoms with van der Waals surface area (Å²) in [5.41, 5.74) is 1.99. The molecule has 0 fully saturated rings. The maximum absolute atomic E-state index is 11.1. The first-order chi connectivity index (χ1) is 13.9. The number of nitriles is 2. The molecule has 7 nitrogen and oxygen atoms in total. The quantitative estimate of drug-likeness (QED) is 0.540. The van der Waals surface area contributed by atoms with E-state index in [-0.39, 0.29) is 12.2 Å². The summed E-state index contributed by atoms with van der Waals surface area (Å²) in [7, 11) is 0. The van der Waals surface area contributed by atoms with Crippen molar-refractivity contribution in [3.63, 3.8) is 0 Å². The molecule has 1 aliphatic heterocycles. The van der Waals surface area contributed by atoms with Gasteiger partial charge in [0, 0.05) is 43.1 Å². The third kappa shape index (κ3) is 6.60. The number of Topliss-reactive ketones (excluding diaryl/α,β-unsaturated/α-hetero) is 1. The summed E-state index contributed by atoms with van der Waals surface area (Å²) in [5, 5.41) is 27.8. The van der Waals surface area contributed by atoms with Gasteiger partial charge in [-0.2, -0.15) is 10.5 Å². The number of aromatic nitrogens is 1. The first-order valence-corrected chi connectivity index (χ1v) is 9.02. The van der Waals surface area contributed by atoms with Gasteiger partial charge >= 0.3 is 5.97 Å². The minimum Gasteiger partial charge on any atom is -0.481 e. The van der Waals surface area contributed by atoms with E-state index < -0.39 is 5.97 Å². The number of nitrogens with zero attached hydrogens (tertiary/aromatic N) is 4. The Bertz CT molecular complexity index is 970. The SMILES string of the molecule is CC(=O)CCN1C=CC(=C(C#N)/C=C(\C#N)c2cc[n+](CCC(=O)O)cc2)C=C1. The standard InChI is InChI=1S/C22H20N4O3/c1-17(27)2-8-25-9-3-18(4-10-25)20(15-23)14-21(16-24)19-5-11-26(12-6-19)13-7-22(28)29/h3-6,9-12,14H,2,7-8,13H2,1H3/p+1. The van der Waals surface area contributed by atoms with Crippen molar-refractivity contribution in [3.05, 3.63) is 71.9 Å². The smallest absolute Gasteiger partial charge is 0.309 e. The average molecular weight is 389 g/mol. The topological polar surface area (TPSA) is 109 Å². The molecule has 0 amide bonds. The molecule has 1 aliphatic rings. The van der Waals surface area contributed by atoms with Gasteiger partial charge < -0.3 is 10.0 Å². The predicted molar refractivity (Wildman–Crippen MR) is 105 cm³/mol. The van der Waals surface area contributed by atoms with Crippen molar-refractivity contribution < 1.29 is 19.3 Å². The van der Waals surface area contributed by atoms with Gasteiger partial charge in [0.2, 0.25) is 0 Å². The number of hydrogen-bond donors (Lipinski definition) is 1. The number of allylic oxidation sites excluding steroid dienone is 6. The van der Waals surface area contributed by atoms with Crippen molar-refractivity contribution in [3.8, 4) is 12.1 Å². The second-order valence-corrected chi connectivity index (χ2v) is 6.44. The number of aliphatic carboxylic acids is 1. The second kappa shape index (κ2) is 10.4. The lowest BCUT2D eigenvalue weighted by molar-refractivity contribution is -0.696. The molecule has 7 heteroatoms. The highest BCUT2D eigenvalue weighted by molar-refractivity contribution is 5.80. The molecular formula is C22H21N4O3+. The summed E-state index contributed by atoms with van der Waals surface area (Å²) in [4.78, 5) is 23.6. The monoisotopic (exact) mass is 389 g/mol. The van der Waals surface area contributed by atoms with E-state index in [1.165, 1.54) is 6.08 Å². The van der Waals surface area contributed by atoms with E-state index in [1.54, 1.807) is 60.6 Å². The van der Waals surface area contributed by atoms with Crippen LogP contribution in [0.4, 0.5) is 0 Å². The van der Waals surface area contributed by atoms with Gasteiger partial charge in [-0.25, -0.2) is 4.57 Å². The highest BCUT2D eigenvalue weighted by Crippen LogP contribution is 2.20. The van der Waals surface area contributed by atoms with Gasteiger partial charge in [0.05, 0.1) is 23.3 Å². The summed E-state index contributed by atoms with van der Waals surface area (Å²) in [6.45, 7) is 2.45. The molecule has 2 rings (SSSR count). The lowest BCUT2D eigenvalue weighted by atomic mass is 10.0. The lowest BCUT2D eigenvalue weighted by Crippen LogP contribution is -2.33. The molecule has 0 spiro atoms. The summed E-state index contributed by atoms with van der Waals surface area (Å²) >= 11 is 0. The molecule has 1 aromatic rings. The van der Waals surface area contributed by atoms with Gasteiger partial charge in [-0.1, -0.05) is 0 Å². The third-order valence-corrected chi connectivity index (χ3v) is 4.24. The molecule has 0 atom stereocenters. The maximum Gasteiger partial charge on any atom is 0.309 e. The first-order valence-electron chi connectivity index (χ1n) is 9.02. The van der Waals surface area contributed by atoms with Crippen LogP contribution in [-0.4, -0.2) is 28.3 Å². The van der Waals surface area contributed by atoms with E-state index in [9.17, 15) is 20.1 Å². The van der Waals surface area contributed by atoms with Gasteiger partial charge in [-0.15, -0.1) is 0 Å². The first kappa shape index (κ1) is 21.3. The molecule has 0 unspecified atom stereocenters. The predicted octanol–water partition coefficient (Wildman–Crippen LogP) is 2.50. The zero-order valence-corrected chi connectivity index (χ0v) is 16.1. The molecule has 0 saturated carbocycles. The summed E-state index contributed by atoms with van der Waals surface area (Å²) in [5.74, 6) is -0.766. The van der Waals surface area contributed by atoms with E-state index in [4.69, 9.17) is 5.11 Å². The van der Waals surface area contributed by atoms with Crippen molar-refractivity contribution in [1.29, 1.82) is 10.5 Å². The second-order valence-electron chi connectivity index (χ2n) is 6.44. The highest BCUT2D eigenvalue weighted by atomic mass is 16.4. The zero-order valence-electron chi connectivity index (χ0n) is 16.1. The molecule has 0 aromatic carbocycles. The fourth-order valence-electron chi connectivity index (χ4n) is 2.59. The van der Waals surface area contributed by atoms with Crippen molar-refractivity contribution in [2.24, 2.45) is 0 Å². The number of carboxylic acids is 1. The number of rotatable bonds is 8. The van der Waals surface area contributed by atoms with Crippen LogP contribution in [0.3, 0.4) is 0 Å². The largest absolute Gasteiger partial charge is 0.481 e. The van der Waals surface area contributed by atoms with Crippen LogP contribution >= 0.6 is 0 Å². The zero-order chi connectivity index (χ0) is 21.2. The van der Waals surface area contributed by atoms with Crippen molar-refractivity contribution >= 4 is 17.3 Å². The molecule has 29 heavy (non-hydrogen) atoms. The fraction of sp³-hybridized carbons (Fsp3) is 0.227. The summed E-state index contributed by atoms with van der Waals surface area (Å²) in [6.07, 6.45) is 12.5. The minimum absolute atomic E-state index is 0.0116. The molecule has 0 aliphatic carbocycles. The Hall–Kier alpha value is -3.97. The van der Waals surface area contributed by atoms with E-state index in [0.29, 0.717) is 41.8 Å². The Morgan fingerprint density at radius 3 is 2.31 bits per heavy atom. The van der Waals surface area contributed by atoms with Crippen LogP contribution in [-0.2, 0) is 16.1 Å². The van der Waals surface area contributed by atoms with Crippen molar-refractivity contribution in [2.45, 2.75) is 26.3 Å². The molecule has 0 saturated heterocycles. The van der Waals surface area contributed by atoms with Crippen molar-refractivity contribution in [2.75, 3.05) is 6.54 Å². The number of ketones is 1. The van der Waals surface area contributed by atoms with Crippen molar-refractivity contribution in [1.82, 2.24) is 4.90 Å². The average Bonchev–Trinajstić information content (AvgIpc) is 2.72. The highest BCUT2D eigenvalue weighted by Gasteiger charge is 2.10. The molecular weight excluding hydrogens is 368 g/mol. The maximum atomic E-state index is 11.1. The fourth-order valence-corrected chi connectivity index (χ4v) is 2.59. The Morgan fingerprint density at radius 1 is 1.14 bits per heavy atom. The number of carboxylic acid groups (broad SMARTS) is 1. The molecule has 1 N–H and O–H groups in total. The van der Waals surface area contributed by atoms with E-state index in [0.717, 1.165) is 0 Å². The normalized spacial score (nSPS) is 13.0. The Labute approximate surface area is 169 Å². The van der Waals surface area contributed by atoms with Crippen LogP contribution in [0.1, 0.15) is 25.3 Å². The van der Waals surface area contributed by atoms with Gasteiger partial charge in [0.15, 0.2) is 18.9 Å². The number of hydrogen-bond acceptors (Lipinski definition) is 5. The van der Waals surface area contributed by atoms with Crippen LogP contribution in [0.2, 0.25) is 0 Å². The Kier molecular flexibility index (Phi) is 7.64. The summed E-state index contributed by atoms with van der Waals surface area (Å²) < 4.78 is 1.72. The molecule has 0 bridgehead atoms. The Morgan fingerprint density at radius 2 is 1.79 bits per heavy atom. The minimum atomic E-state index is -0.877. The van der Waals surface area contributed by atoms with Gasteiger partial charge in [-0.3, -0.25) is 9.59 Å². The van der Waals surface area contributed by atoms with Crippen LogP contribution < -0.4 is 4.57 Å². The van der Waals surface area contributed by atoms with Crippen LogP contribution in [0, 0.1) is 22.7 Å². The lowest BCUT2D eigenvalue weighted by Gasteiger charge is -2.18. The van der Waals surface area contributed by atoms with Crippen LogP contribution in [0.15, 0.2) is 66.3 Å².